The van der Waals surface area contributed by atoms with E-state index in [1.807, 2.05) is 32.0 Å². The van der Waals surface area contributed by atoms with E-state index in [0.29, 0.717) is 24.1 Å². The lowest BCUT2D eigenvalue weighted by molar-refractivity contribution is 0.292. The van der Waals surface area contributed by atoms with Gasteiger partial charge in [-0.15, -0.1) is 0 Å². The van der Waals surface area contributed by atoms with Crippen LogP contribution in [0.25, 0.3) is 0 Å². The molecule has 0 bridgehead atoms. The molecule has 0 saturated carbocycles. The largest absolute Gasteiger partial charge is 0.493 e. The Morgan fingerprint density at radius 2 is 1.92 bits per heavy atom. The molecule has 0 atom stereocenters. The Kier molecular flexibility index (Phi) is 6.54. The maximum atomic E-state index is 5.71. The Balaban J connectivity index is 2.15. The van der Waals surface area contributed by atoms with Crippen molar-refractivity contribution in [1.82, 2.24) is 9.97 Å². The minimum atomic E-state index is 0.470. The summed E-state index contributed by atoms with van der Waals surface area (Å²) in [4.78, 5) is 8.55. The molecule has 24 heavy (non-hydrogen) atoms. The fourth-order valence-electron chi connectivity index (χ4n) is 2.10. The number of ether oxygens (including phenoxy) is 2. The van der Waals surface area contributed by atoms with Gasteiger partial charge in [-0.3, -0.25) is 0 Å². The van der Waals surface area contributed by atoms with Crippen molar-refractivity contribution < 1.29 is 9.47 Å². The molecule has 1 aromatic heterocycles. The lowest BCUT2D eigenvalue weighted by Gasteiger charge is -2.12. The van der Waals surface area contributed by atoms with Crippen LogP contribution in [0.15, 0.2) is 27.8 Å². The lowest BCUT2D eigenvalue weighted by atomic mass is 10.2. The van der Waals surface area contributed by atoms with Crippen molar-refractivity contribution in [1.29, 1.82) is 0 Å². The molecule has 1 N–H and O–H groups in total. The highest BCUT2D eigenvalue weighted by Gasteiger charge is 2.10. The second-order valence-corrected chi connectivity index (χ2v) is 6.08. The summed E-state index contributed by atoms with van der Waals surface area (Å²) in [7, 11) is 1.61. The molecule has 0 amide bonds. The predicted octanol–water partition coefficient (Wildman–Crippen LogP) is 4.10. The molecule has 7 heteroatoms. The summed E-state index contributed by atoms with van der Waals surface area (Å²) >= 11 is 3.51. The molecular weight excluding hydrogens is 372 g/mol. The number of aromatic nitrogens is 2. The number of rotatable bonds is 7. The highest BCUT2D eigenvalue weighted by Crippen LogP contribution is 2.36. The van der Waals surface area contributed by atoms with Crippen molar-refractivity contribution in [2.75, 3.05) is 19.1 Å². The number of benzene rings is 1. The van der Waals surface area contributed by atoms with Crippen molar-refractivity contribution in [2.45, 2.75) is 27.2 Å². The first-order chi connectivity index (χ1) is 11.5. The van der Waals surface area contributed by atoms with Gasteiger partial charge in [0, 0.05) is 11.4 Å². The Morgan fingerprint density at radius 3 is 2.54 bits per heavy atom. The standard InChI is InChI=1S/C17H21BrN4O2/c1-5-6-24-16-14(18)8-13(9-15(16)23-4)10-19-22-17-20-11(2)7-12(3)21-17/h7-10H,5-6H2,1-4H3,(H,20,21,22)/b19-10+. The van der Waals surface area contributed by atoms with Gasteiger partial charge in [-0.25, -0.2) is 15.4 Å². The Bertz CT molecular complexity index is 715. The van der Waals surface area contributed by atoms with Crippen LogP contribution in [0.4, 0.5) is 5.95 Å². The van der Waals surface area contributed by atoms with Crippen LogP contribution < -0.4 is 14.9 Å². The van der Waals surface area contributed by atoms with Crippen molar-refractivity contribution >= 4 is 28.1 Å². The van der Waals surface area contributed by atoms with E-state index in [9.17, 15) is 0 Å². The molecule has 1 heterocycles. The number of aryl methyl sites for hydroxylation is 2. The van der Waals surface area contributed by atoms with E-state index in [-0.39, 0.29) is 0 Å². The van der Waals surface area contributed by atoms with Gasteiger partial charge in [0.05, 0.1) is 24.4 Å². The van der Waals surface area contributed by atoms with Gasteiger partial charge < -0.3 is 9.47 Å². The Labute approximate surface area is 150 Å². The summed E-state index contributed by atoms with van der Waals surface area (Å²) < 4.78 is 11.9. The summed E-state index contributed by atoms with van der Waals surface area (Å²) in [6.07, 6.45) is 2.61. The number of halogens is 1. The fraction of sp³-hybridized carbons (Fsp3) is 0.353. The van der Waals surface area contributed by atoms with Gasteiger partial charge in [0.15, 0.2) is 11.5 Å². The number of hydrogen-bond acceptors (Lipinski definition) is 6. The average molecular weight is 393 g/mol. The van der Waals surface area contributed by atoms with Crippen LogP contribution >= 0.6 is 15.9 Å². The first-order valence-corrected chi connectivity index (χ1v) is 8.44. The zero-order chi connectivity index (χ0) is 17.5. The minimum absolute atomic E-state index is 0.470. The molecule has 2 aromatic rings. The second kappa shape index (κ2) is 8.63. The maximum absolute atomic E-state index is 5.71. The molecule has 0 spiro atoms. The van der Waals surface area contributed by atoms with E-state index >= 15 is 0 Å². The molecule has 0 fully saturated rings. The number of hydrogen-bond donors (Lipinski definition) is 1. The van der Waals surface area contributed by atoms with Gasteiger partial charge in [-0.2, -0.15) is 5.10 Å². The molecule has 0 aliphatic rings. The summed E-state index contributed by atoms with van der Waals surface area (Å²) in [5.74, 6) is 1.82. The molecule has 0 saturated heterocycles. The number of methoxy groups -OCH3 is 1. The third-order valence-corrected chi connectivity index (χ3v) is 3.65. The highest BCUT2D eigenvalue weighted by atomic mass is 79.9. The quantitative estimate of drug-likeness (QED) is 0.567. The average Bonchev–Trinajstić information content (AvgIpc) is 2.52. The SMILES string of the molecule is CCCOc1c(Br)cc(/C=N/Nc2nc(C)cc(C)n2)cc1OC. The monoisotopic (exact) mass is 392 g/mol. The first kappa shape index (κ1) is 18.2. The molecule has 0 aliphatic heterocycles. The first-order valence-electron chi connectivity index (χ1n) is 7.65. The number of nitrogens with zero attached hydrogens (tertiary/aromatic N) is 3. The van der Waals surface area contributed by atoms with Crippen LogP contribution in [0.3, 0.4) is 0 Å². The van der Waals surface area contributed by atoms with Crippen LogP contribution in [0, 0.1) is 13.8 Å². The fourth-order valence-corrected chi connectivity index (χ4v) is 2.67. The zero-order valence-electron chi connectivity index (χ0n) is 14.3. The smallest absolute Gasteiger partial charge is 0.243 e. The van der Waals surface area contributed by atoms with Crippen LogP contribution in [-0.4, -0.2) is 29.9 Å². The normalized spacial score (nSPS) is 10.9. The van der Waals surface area contributed by atoms with Gasteiger partial charge in [0.25, 0.3) is 0 Å². The van der Waals surface area contributed by atoms with Gasteiger partial charge in [0.2, 0.25) is 5.95 Å². The van der Waals surface area contributed by atoms with Crippen molar-refractivity contribution in [3.8, 4) is 11.5 Å². The van der Waals surface area contributed by atoms with Crippen molar-refractivity contribution in [3.05, 3.63) is 39.6 Å². The lowest BCUT2D eigenvalue weighted by Crippen LogP contribution is -2.01. The molecule has 0 aliphatic carbocycles. The predicted molar refractivity (Wildman–Crippen MR) is 99.2 cm³/mol. The van der Waals surface area contributed by atoms with Crippen LogP contribution in [-0.2, 0) is 0 Å². The number of anilines is 1. The third kappa shape index (κ3) is 4.92. The van der Waals surface area contributed by atoms with E-state index in [1.165, 1.54) is 0 Å². The van der Waals surface area contributed by atoms with Gasteiger partial charge in [0.1, 0.15) is 0 Å². The molecule has 6 nitrogen and oxygen atoms in total. The molecule has 0 unspecified atom stereocenters. The summed E-state index contributed by atoms with van der Waals surface area (Å²) in [5, 5.41) is 4.19. The third-order valence-electron chi connectivity index (χ3n) is 3.06. The van der Waals surface area contributed by atoms with Crippen LogP contribution in [0.5, 0.6) is 11.5 Å². The highest BCUT2D eigenvalue weighted by molar-refractivity contribution is 9.10. The summed E-state index contributed by atoms with van der Waals surface area (Å²) in [5.41, 5.74) is 5.48. The molecule has 1 aromatic carbocycles. The zero-order valence-corrected chi connectivity index (χ0v) is 15.8. The van der Waals surface area contributed by atoms with Crippen LogP contribution in [0.2, 0.25) is 0 Å². The Hall–Kier alpha value is -2.15. The minimum Gasteiger partial charge on any atom is -0.493 e. The van der Waals surface area contributed by atoms with E-state index < -0.39 is 0 Å². The van der Waals surface area contributed by atoms with Gasteiger partial charge in [-0.1, -0.05) is 6.92 Å². The number of nitrogens with one attached hydrogen (secondary N) is 1. The van der Waals surface area contributed by atoms with Crippen molar-refractivity contribution in [3.63, 3.8) is 0 Å². The molecule has 2 rings (SSSR count). The summed E-state index contributed by atoms with van der Waals surface area (Å²) in [6.45, 7) is 6.53. The topological polar surface area (TPSA) is 68.6 Å². The van der Waals surface area contributed by atoms with Crippen molar-refractivity contribution in [2.24, 2.45) is 5.10 Å². The van der Waals surface area contributed by atoms with E-state index in [2.05, 4.69) is 43.3 Å². The second-order valence-electron chi connectivity index (χ2n) is 5.23. The van der Waals surface area contributed by atoms with E-state index in [0.717, 1.165) is 27.8 Å². The molecule has 0 radical (unpaired) electrons. The summed E-state index contributed by atoms with van der Waals surface area (Å²) in [6, 6.07) is 5.69. The maximum Gasteiger partial charge on any atom is 0.243 e. The molecular formula is C17H21BrN4O2. The van der Waals surface area contributed by atoms with E-state index in [4.69, 9.17) is 9.47 Å². The van der Waals surface area contributed by atoms with Crippen LogP contribution in [0.1, 0.15) is 30.3 Å². The van der Waals surface area contributed by atoms with Gasteiger partial charge >= 0.3 is 0 Å². The number of hydrazone groups is 1. The molecule has 128 valence electrons. The van der Waals surface area contributed by atoms with Gasteiger partial charge in [-0.05, 0) is 60.0 Å². The Morgan fingerprint density at radius 1 is 1.21 bits per heavy atom. The van der Waals surface area contributed by atoms with E-state index in [1.54, 1.807) is 13.3 Å².